The van der Waals surface area contributed by atoms with Crippen LogP contribution >= 0.6 is 11.8 Å². The highest BCUT2D eigenvalue weighted by molar-refractivity contribution is 7.99. The number of rotatable bonds is 5. The second-order valence-electron chi connectivity index (χ2n) is 5.72. The van der Waals surface area contributed by atoms with E-state index < -0.39 is 5.82 Å². The van der Waals surface area contributed by atoms with Gasteiger partial charge in [0.1, 0.15) is 5.82 Å². The van der Waals surface area contributed by atoms with Crippen molar-refractivity contribution < 1.29 is 9.18 Å². The fourth-order valence-electron chi connectivity index (χ4n) is 2.80. The number of halogens is 1. The molecule has 7 heteroatoms. The van der Waals surface area contributed by atoms with Gasteiger partial charge in [-0.1, -0.05) is 30.7 Å². The molecule has 0 atom stereocenters. The molecule has 126 valence electrons. The number of nitrogens with zero attached hydrogens (tertiary/aromatic N) is 2. The largest absolute Gasteiger partial charge is 0.353 e. The number of benzene rings is 1. The van der Waals surface area contributed by atoms with Gasteiger partial charge in [-0.2, -0.15) is 0 Å². The second-order valence-corrected chi connectivity index (χ2v) is 6.69. The van der Waals surface area contributed by atoms with E-state index in [0.29, 0.717) is 5.69 Å². The molecular formula is C17H18FN3O2S. The molecule has 24 heavy (non-hydrogen) atoms. The summed E-state index contributed by atoms with van der Waals surface area (Å²) in [5.41, 5.74) is 0.0708. The topological polar surface area (TPSA) is 64.0 Å². The highest BCUT2D eigenvalue weighted by Crippen LogP contribution is 2.18. The van der Waals surface area contributed by atoms with Gasteiger partial charge in [-0.3, -0.25) is 14.2 Å². The van der Waals surface area contributed by atoms with E-state index in [1.54, 1.807) is 12.1 Å². The van der Waals surface area contributed by atoms with Gasteiger partial charge in [-0.25, -0.2) is 9.37 Å². The van der Waals surface area contributed by atoms with Crippen LogP contribution in [0.3, 0.4) is 0 Å². The lowest BCUT2D eigenvalue weighted by atomic mass is 10.2. The quantitative estimate of drug-likeness (QED) is 0.844. The van der Waals surface area contributed by atoms with Crippen molar-refractivity contribution in [3.63, 3.8) is 0 Å². The van der Waals surface area contributed by atoms with Crippen molar-refractivity contribution in [3.8, 4) is 5.69 Å². The molecule has 1 aromatic heterocycles. The van der Waals surface area contributed by atoms with Crippen LogP contribution in [0.15, 0.2) is 46.5 Å². The summed E-state index contributed by atoms with van der Waals surface area (Å²) in [5, 5.41) is 3.20. The number of amides is 1. The summed E-state index contributed by atoms with van der Waals surface area (Å²) in [6.45, 7) is 0. The van der Waals surface area contributed by atoms with Crippen molar-refractivity contribution in [2.45, 2.75) is 36.8 Å². The predicted molar refractivity (Wildman–Crippen MR) is 90.9 cm³/mol. The predicted octanol–water partition coefficient (Wildman–Crippen LogP) is 2.52. The van der Waals surface area contributed by atoms with Gasteiger partial charge in [0, 0.05) is 18.4 Å². The van der Waals surface area contributed by atoms with Gasteiger partial charge in [-0.15, -0.1) is 0 Å². The summed E-state index contributed by atoms with van der Waals surface area (Å²) in [4.78, 5) is 28.5. The minimum atomic E-state index is -0.415. The first-order valence-corrected chi connectivity index (χ1v) is 8.88. The Bertz CT molecular complexity index is 787. The first kappa shape index (κ1) is 16.7. The number of thioether (sulfide) groups is 1. The average molecular weight is 347 g/mol. The van der Waals surface area contributed by atoms with Crippen LogP contribution in [-0.2, 0) is 4.79 Å². The Morgan fingerprint density at radius 3 is 2.92 bits per heavy atom. The second kappa shape index (κ2) is 7.61. The Labute approximate surface area is 143 Å². The fraction of sp³-hybridized carbons (Fsp3) is 0.353. The van der Waals surface area contributed by atoms with Crippen LogP contribution in [0.2, 0.25) is 0 Å². The molecule has 0 saturated heterocycles. The van der Waals surface area contributed by atoms with E-state index in [9.17, 15) is 14.0 Å². The van der Waals surface area contributed by atoms with Crippen molar-refractivity contribution in [2.24, 2.45) is 0 Å². The molecular weight excluding hydrogens is 329 g/mol. The van der Waals surface area contributed by atoms with E-state index in [1.165, 1.54) is 29.1 Å². The molecule has 1 amide bonds. The lowest BCUT2D eigenvalue weighted by molar-refractivity contribution is -0.119. The van der Waals surface area contributed by atoms with Gasteiger partial charge in [0.2, 0.25) is 5.91 Å². The van der Waals surface area contributed by atoms with E-state index >= 15 is 0 Å². The number of nitrogens with one attached hydrogen (secondary N) is 1. The van der Waals surface area contributed by atoms with Crippen molar-refractivity contribution in [3.05, 3.63) is 52.8 Å². The van der Waals surface area contributed by atoms with E-state index in [4.69, 9.17) is 0 Å². The monoisotopic (exact) mass is 347 g/mol. The third-order valence-electron chi connectivity index (χ3n) is 3.96. The average Bonchev–Trinajstić information content (AvgIpc) is 3.07. The highest BCUT2D eigenvalue weighted by Gasteiger charge is 2.17. The minimum Gasteiger partial charge on any atom is -0.353 e. The van der Waals surface area contributed by atoms with Gasteiger partial charge in [0.15, 0.2) is 5.03 Å². The standard InChI is InChI=1S/C17H18FN3O2S/c18-12-4-3-7-14(10-12)21-9-8-19-16(17(21)23)24-11-15(22)20-13-5-1-2-6-13/h3-4,7-10,13H,1-2,5-6,11H2,(H,20,22). The van der Waals surface area contributed by atoms with E-state index in [2.05, 4.69) is 10.3 Å². The SMILES string of the molecule is O=C(CSc1nccn(-c2cccc(F)c2)c1=O)NC1CCCC1. The molecule has 5 nitrogen and oxygen atoms in total. The molecule has 1 N–H and O–H groups in total. The summed E-state index contributed by atoms with van der Waals surface area (Å²) in [6, 6.07) is 6.04. The zero-order valence-electron chi connectivity index (χ0n) is 13.1. The van der Waals surface area contributed by atoms with Crippen LogP contribution in [0.25, 0.3) is 5.69 Å². The molecule has 1 aliphatic carbocycles. The molecule has 1 aliphatic rings. The van der Waals surface area contributed by atoms with Crippen molar-refractivity contribution in [1.82, 2.24) is 14.9 Å². The molecule has 1 heterocycles. The maximum absolute atomic E-state index is 13.3. The summed E-state index contributed by atoms with van der Waals surface area (Å²) in [7, 11) is 0. The summed E-state index contributed by atoms with van der Waals surface area (Å²) in [5.74, 6) is -0.359. The van der Waals surface area contributed by atoms with Crippen molar-refractivity contribution in [1.29, 1.82) is 0 Å². The first-order valence-electron chi connectivity index (χ1n) is 7.89. The van der Waals surface area contributed by atoms with E-state index in [0.717, 1.165) is 37.4 Å². The Morgan fingerprint density at radius 1 is 1.38 bits per heavy atom. The maximum Gasteiger partial charge on any atom is 0.287 e. The number of hydrogen-bond donors (Lipinski definition) is 1. The van der Waals surface area contributed by atoms with Crippen molar-refractivity contribution >= 4 is 17.7 Å². The first-order chi connectivity index (χ1) is 11.6. The summed E-state index contributed by atoms with van der Waals surface area (Å²) in [6.07, 6.45) is 7.30. The van der Waals surface area contributed by atoms with Gasteiger partial charge >= 0.3 is 0 Å². The Hall–Kier alpha value is -2.15. The molecule has 0 unspecified atom stereocenters. The summed E-state index contributed by atoms with van der Waals surface area (Å²) >= 11 is 1.10. The third kappa shape index (κ3) is 4.03. The minimum absolute atomic E-state index is 0.0886. The molecule has 1 aromatic carbocycles. The normalized spacial score (nSPS) is 14.7. The molecule has 2 aromatic rings. The van der Waals surface area contributed by atoms with Gasteiger partial charge in [0.05, 0.1) is 11.4 Å². The molecule has 0 aliphatic heterocycles. The van der Waals surface area contributed by atoms with E-state index in [-0.39, 0.29) is 28.3 Å². The Kier molecular flexibility index (Phi) is 5.30. The number of carbonyl (C=O) groups excluding carboxylic acids is 1. The maximum atomic E-state index is 13.3. The van der Waals surface area contributed by atoms with Gasteiger partial charge < -0.3 is 5.32 Å². The number of aromatic nitrogens is 2. The van der Waals surface area contributed by atoms with Crippen LogP contribution in [-0.4, -0.2) is 27.3 Å². The van der Waals surface area contributed by atoms with E-state index in [1.807, 2.05) is 0 Å². The highest BCUT2D eigenvalue weighted by atomic mass is 32.2. The van der Waals surface area contributed by atoms with Crippen LogP contribution < -0.4 is 10.9 Å². The lowest BCUT2D eigenvalue weighted by Crippen LogP contribution is -2.34. The Morgan fingerprint density at radius 2 is 2.17 bits per heavy atom. The lowest BCUT2D eigenvalue weighted by Gasteiger charge is -2.11. The third-order valence-corrected chi connectivity index (χ3v) is 4.92. The fourth-order valence-corrected chi connectivity index (χ4v) is 3.50. The molecule has 0 radical (unpaired) electrons. The Balaban J connectivity index is 1.69. The number of hydrogen-bond acceptors (Lipinski definition) is 4. The van der Waals surface area contributed by atoms with Crippen LogP contribution in [0.5, 0.6) is 0 Å². The number of carbonyl (C=O) groups is 1. The zero-order valence-corrected chi connectivity index (χ0v) is 13.9. The molecule has 0 spiro atoms. The van der Waals surface area contributed by atoms with Gasteiger partial charge in [-0.05, 0) is 31.0 Å². The van der Waals surface area contributed by atoms with Crippen LogP contribution in [0, 0.1) is 5.82 Å². The smallest absolute Gasteiger partial charge is 0.287 e. The van der Waals surface area contributed by atoms with Gasteiger partial charge in [0.25, 0.3) is 5.56 Å². The van der Waals surface area contributed by atoms with Crippen LogP contribution in [0.1, 0.15) is 25.7 Å². The molecule has 3 rings (SSSR count). The molecule has 1 fully saturated rings. The molecule has 0 bridgehead atoms. The van der Waals surface area contributed by atoms with Crippen LogP contribution in [0.4, 0.5) is 4.39 Å². The zero-order chi connectivity index (χ0) is 16.9. The van der Waals surface area contributed by atoms with Crippen molar-refractivity contribution in [2.75, 3.05) is 5.75 Å². The summed E-state index contributed by atoms with van der Waals surface area (Å²) < 4.78 is 14.7. The molecule has 1 saturated carbocycles.